The van der Waals surface area contributed by atoms with Gasteiger partial charge in [-0.25, -0.2) is 8.42 Å². The average Bonchev–Trinajstić information content (AvgIpc) is 2.70. The molecule has 9 heteroatoms. The average molecular weight is 480 g/mol. The van der Waals surface area contributed by atoms with E-state index in [4.69, 9.17) is 11.6 Å². The standard InChI is InChI=1S/C23H30ClN3O4S/c1-16(2)25-23(29)18(4)26(14-19-11-7-8-12-20(19)24)22(28)15-27(32(5,30)31)21-13-9-6-10-17(21)3/h6-13,16,18H,14-15H2,1-5H3,(H,25,29)/t18-/m1/s1. The molecule has 0 aliphatic rings. The molecule has 0 heterocycles. The van der Waals surface area contributed by atoms with Crippen molar-refractivity contribution in [1.29, 1.82) is 0 Å². The van der Waals surface area contributed by atoms with Crippen molar-refractivity contribution < 1.29 is 18.0 Å². The third-order valence-electron chi connectivity index (χ3n) is 4.96. The third-order valence-corrected chi connectivity index (χ3v) is 6.46. The molecule has 2 amide bonds. The molecule has 0 saturated carbocycles. The van der Waals surface area contributed by atoms with E-state index in [0.29, 0.717) is 21.8 Å². The van der Waals surface area contributed by atoms with Crippen LogP contribution in [-0.4, -0.2) is 50.0 Å². The van der Waals surface area contributed by atoms with Gasteiger partial charge in [0.05, 0.1) is 11.9 Å². The Morgan fingerprint density at radius 1 is 1.03 bits per heavy atom. The SMILES string of the molecule is Cc1ccccc1N(CC(=O)N(Cc1ccccc1Cl)[C@H](C)C(=O)NC(C)C)S(C)(=O)=O. The Balaban J connectivity index is 2.42. The number of aryl methyl sites for hydroxylation is 1. The molecule has 0 aliphatic heterocycles. The molecular formula is C23H30ClN3O4S. The highest BCUT2D eigenvalue weighted by molar-refractivity contribution is 7.92. The van der Waals surface area contributed by atoms with Gasteiger partial charge in [-0.3, -0.25) is 13.9 Å². The van der Waals surface area contributed by atoms with Crippen LogP contribution in [0.2, 0.25) is 5.02 Å². The molecule has 0 aliphatic carbocycles. The fourth-order valence-corrected chi connectivity index (χ4v) is 4.34. The minimum Gasteiger partial charge on any atom is -0.352 e. The zero-order valence-electron chi connectivity index (χ0n) is 19.0. The van der Waals surface area contributed by atoms with Gasteiger partial charge in [0.25, 0.3) is 0 Å². The topological polar surface area (TPSA) is 86.8 Å². The normalized spacial score (nSPS) is 12.3. The summed E-state index contributed by atoms with van der Waals surface area (Å²) in [6.07, 6.45) is 1.06. The highest BCUT2D eigenvalue weighted by Crippen LogP contribution is 2.23. The number of hydrogen-bond acceptors (Lipinski definition) is 4. The number of nitrogens with one attached hydrogen (secondary N) is 1. The Hall–Kier alpha value is -2.58. The lowest BCUT2D eigenvalue weighted by Gasteiger charge is -2.32. The molecule has 0 spiro atoms. The second kappa shape index (κ2) is 10.8. The summed E-state index contributed by atoms with van der Waals surface area (Å²) < 4.78 is 26.2. The summed E-state index contributed by atoms with van der Waals surface area (Å²) in [5, 5.41) is 3.26. The van der Waals surface area contributed by atoms with Crippen molar-refractivity contribution in [1.82, 2.24) is 10.2 Å². The van der Waals surface area contributed by atoms with Gasteiger partial charge in [0.1, 0.15) is 12.6 Å². The molecule has 32 heavy (non-hydrogen) atoms. The van der Waals surface area contributed by atoms with Crippen LogP contribution in [0.15, 0.2) is 48.5 Å². The van der Waals surface area contributed by atoms with E-state index in [9.17, 15) is 18.0 Å². The number of sulfonamides is 1. The molecule has 0 radical (unpaired) electrons. The van der Waals surface area contributed by atoms with Gasteiger partial charge in [0.15, 0.2) is 0 Å². The quantitative estimate of drug-likeness (QED) is 0.597. The van der Waals surface area contributed by atoms with Crippen molar-refractivity contribution in [2.75, 3.05) is 17.1 Å². The van der Waals surface area contributed by atoms with Gasteiger partial charge >= 0.3 is 0 Å². The second-order valence-electron chi connectivity index (χ2n) is 8.01. The van der Waals surface area contributed by atoms with E-state index in [0.717, 1.165) is 10.6 Å². The van der Waals surface area contributed by atoms with E-state index < -0.39 is 28.5 Å². The van der Waals surface area contributed by atoms with E-state index >= 15 is 0 Å². The number of para-hydroxylation sites is 1. The number of amides is 2. The second-order valence-corrected chi connectivity index (χ2v) is 10.3. The summed E-state index contributed by atoms with van der Waals surface area (Å²) in [4.78, 5) is 27.5. The fourth-order valence-electron chi connectivity index (χ4n) is 3.24. The zero-order chi connectivity index (χ0) is 24.1. The first-order chi connectivity index (χ1) is 14.9. The van der Waals surface area contributed by atoms with E-state index in [1.165, 1.54) is 4.90 Å². The molecule has 2 aromatic carbocycles. The molecule has 7 nitrogen and oxygen atoms in total. The molecule has 174 valence electrons. The first-order valence-electron chi connectivity index (χ1n) is 10.3. The van der Waals surface area contributed by atoms with Crippen molar-refractivity contribution >= 4 is 39.1 Å². The summed E-state index contributed by atoms with van der Waals surface area (Å²) in [6, 6.07) is 13.0. The van der Waals surface area contributed by atoms with Gasteiger partial charge in [-0.2, -0.15) is 0 Å². The smallest absolute Gasteiger partial charge is 0.244 e. The fraction of sp³-hybridized carbons (Fsp3) is 0.391. The highest BCUT2D eigenvalue weighted by Gasteiger charge is 2.31. The van der Waals surface area contributed by atoms with E-state index in [1.54, 1.807) is 62.4 Å². The molecule has 2 aromatic rings. The van der Waals surface area contributed by atoms with Crippen molar-refractivity contribution in [3.8, 4) is 0 Å². The molecule has 1 atom stereocenters. The van der Waals surface area contributed by atoms with Crippen LogP contribution in [0.25, 0.3) is 0 Å². The minimum atomic E-state index is -3.76. The van der Waals surface area contributed by atoms with E-state index in [1.807, 2.05) is 13.8 Å². The highest BCUT2D eigenvalue weighted by atomic mass is 35.5. The van der Waals surface area contributed by atoms with Crippen LogP contribution in [0, 0.1) is 6.92 Å². The molecule has 0 saturated heterocycles. The number of carbonyl (C=O) groups excluding carboxylic acids is 2. The number of rotatable bonds is 9. The summed E-state index contributed by atoms with van der Waals surface area (Å²) >= 11 is 6.29. The van der Waals surface area contributed by atoms with Gasteiger partial charge in [0.2, 0.25) is 21.8 Å². The van der Waals surface area contributed by atoms with Gasteiger partial charge in [-0.1, -0.05) is 48.0 Å². The van der Waals surface area contributed by atoms with Crippen molar-refractivity contribution in [2.45, 2.75) is 46.3 Å². The van der Waals surface area contributed by atoms with Gasteiger partial charge in [-0.05, 0) is 51.0 Å². The lowest BCUT2D eigenvalue weighted by Crippen LogP contribution is -2.52. The third kappa shape index (κ3) is 6.71. The predicted octanol–water partition coefficient (Wildman–Crippen LogP) is 3.36. The zero-order valence-corrected chi connectivity index (χ0v) is 20.6. The largest absolute Gasteiger partial charge is 0.352 e. The number of carbonyl (C=O) groups is 2. The Kier molecular flexibility index (Phi) is 8.69. The number of benzene rings is 2. The van der Waals surface area contributed by atoms with E-state index in [-0.39, 0.29) is 18.5 Å². The lowest BCUT2D eigenvalue weighted by atomic mass is 10.1. The molecule has 2 rings (SSSR count). The van der Waals surface area contributed by atoms with Crippen LogP contribution >= 0.6 is 11.6 Å². The monoisotopic (exact) mass is 479 g/mol. The van der Waals surface area contributed by atoms with Gasteiger partial charge in [0, 0.05) is 17.6 Å². The molecule has 0 unspecified atom stereocenters. The van der Waals surface area contributed by atoms with Crippen LogP contribution in [-0.2, 0) is 26.2 Å². The molecule has 0 fully saturated rings. The number of nitrogens with zero attached hydrogens (tertiary/aromatic N) is 2. The van der Waals surface area contributed by atoms with Crippen LogP contribution in [0.5, 0.6) is 0 Å². The maximum atomic E-state index is 13.4. The van der Waals surface area contributed by atoms with Crippen LogP contribution in [0.4, 0.5) is 5.69 Å². The number of hydrogen-bond donors (Lipinski definition) is 1. The van der Waals surface area contributed by atoms with E-state index in [2.05, 4.69) is 5.32 Å². The van der Waals surface area contributed by atoms with Gasteiger partial charge < -0.3 is 10.2 Å². The Morgan fingerprint density at radius 2 is 1.62 bits per heavy atom. The Morgan fingerprint density at radius 3 is 2.19 bits per heavy atom. The van der Waals surface area contributed by atoms with Crippen LogP contribution in [0.3, 0.4) is 0 Å². The van der Waals surface area contributed by atoms with Crippen LogP contribution in [0.1, 0.15) is 31.9 Å². The van der Waals surface area contributed by atoms with Crippen molar-refractivity contribution in [3.05, 3.63) is 64.7 Å². The molecule has 1 N–H and O–H groups in total. The molecule has 0 aromatic heterocycles. The first kappa shape index (κ1) is 25.7. The number of anilines is 1. The summed E-state index contributed by atoms with van der Waals surface area (Å²) in [6.45, 7) is 6.68. The van der Waals surface area contributed by atoms with Crippen LogP contribution < -0.4 is 9.62 Å². The molecule has 0 bridgehead atoms. The van der Waals surface area contributed by atoms with Crippen molar-refractivity contribution in [3.63, 3.8) is 0 Å². The summed E-state index contributed by atoms with van der Waals surface area (Å²) in [5.74, 6) is -0.841. The summed E-state index contributed by atoms with van der Waals surface area (Å²) in [7, 11) is -3.76. The lowest BCUT2D eigenvalue weighted by molar-refractivity contribution is -0.139. The summed E-state index contributed by atoms with van der Waals surface area (Å²) in [5.41, 5.74) is 1.79. The Labute approximate surface area is 195 Å². The first-order valence-corrected chi connectivity index (χ1v) is 12.5. The minimum absolute atomic E-state index is 0.0660. The number of halogens is 1. The maximum absolute atomic E-state index is 13.4. The Bertz CT molecular complexity index is 1070. The van der Waals surface area contributed by atoms with Crippen molar-refractivity contribution in [2.24, 2.45) is 0 Å². The predicted molar refractivity (Wildman–Crippen MR) is 128 cm³/mol. The van der Waals surface area contributed by atoms with Gasteiger partial charge in [-0.15, -0.1) is 0 Å². The molecular weight excluding hydrogens is 450 g/mol. The maximum Gasteiger partial charge on any atom is 0.244 e.